The first-order valence-corrected chi connectivity index (χ1v) is 5.08. The third kappa shape index (κ3) is 2.51. The van der Waals surface area contributed by atoms with Gasteiger partial charge >= 0.3 is 0 Å². The molecule has 0 aliphatic carbocycles. The molecular weight excluding hydrogens is 209 g/mol. The highest BCUT2D eigenvalue weighted by atomic mass is 19.1. The Morgan fingerprint density at radius 2 is 2.00 bits per heavy atom. The Morgan fingerprint density at radius 3 is 2.50 bits per heavy atom. The molecule has 0 spiro atoms. The molecule has 0 radical (unpaired) electrons. The number of methoxy groups -OCH3 is 1. The van der Waals surface area contributed by atoms with Gasteiger partial charge in [-0.25, -0.2) is 10.3 Å². The fraction of sp³-hybridized carbons (Fsp3) is 0.500. The van der Waals surface area contributed by atoms with Crippen molar-refractivity contribution in [3.8, 4) is 5.75 Å². The fourth-order valence-electron chi connectivity index (χ4n) is 1.64. The van der Waals surface area contributed by atoms with Gasteiger partial charge in [0, 0.05) is 11.0 Å². The minimum absolute atomic E-state index is 0.249. The van der Waals surface area contributed by atoms with Crippen LogP contribution in [0.4, 0.5) is 4.39 Å². The third-order valence-electron chi connectivity index (χ3n) is 2.65. The van der Waals surface area contributed by atoms with Crippen molar-refractivity contribution in [3.05, 3.63) is 29.1 Å². The smallest absolute Gasteiger partial charge is 0.126 e. The topological polar surface area (TPSA) is 44.5 Å². The first kappa shape index (κ1) is 12.9. The van der Waals surface area contributed by atoms with E-state index in [1.807, 2.05) is 13.8 Å². The third-order valence-corrected chi connectivity index (χ3v) is 2.65. The average molecular weight is 227 g/mol. The number of benzene rings is 1. The van der Waals surface area contributed by atoms with Crippen molar-refractivity contribution in [3.63, 3.8) is 0 Å². The zero-order valence-corrected chi connectivity index (χ0v) is 10.1. The largest absolute Gasteiger partial charge is 0.496 e. The molecule has 1 aromatic rings. The lowest BCUT2D eigenvalue weighted by Gasteiger charge is -2.26. The van der Waals surface area contributed by atoms with Gasteiger partial charge in [-0.15, -0.1) is 0 Å². The summed E-state index contributed by atoms with van der Waals surface area (Å²) < 4.78 is 18.8. The summed E-state index contributed by atoms with van der Waals surface area (Å²) in [5.41, 5.74) is 0.919. The minimum Gasteiger partial charge on any atom is -0.496 e. The van der Waals surface area contributed by atoms with Crippen LogP contribution in [0.1, 0.15) is 25.0 Å². The van der Waals surface area contributed by atoms with Gasteiger partial charge in [-0.2, -0.15) is 0 Å². The maximum atomic E-state index is 13.5. The number of rotatable bonds is 4. The lowest BCUT2D eigenvalue weighted by atomic mass is 9.84. The maximum Gasteiger partial charge on any atom is 0.126 e. The molecule has 0 fully saturated rings. The highest BCUT2D eigenvalue weighted by Gasteiger charge is 2.26. The molecule has 0 heterocycles. The second kappa shape index (κ2) is 4.80. The van der Waals surface area contributed by atoms with E-state index in [0.717, 1.165) is 5.56 Å². The van der Waals surface area contributed by atoms with Gasteiger partial charge in [0.2, 0.25) is 0 Å². The summed E-state index contributed by atoms with van der Waals surface area (Å²) in [5, 5.41) is 0. The Hall–Kier alpha value is -1.13. The van der Waals surface area contributed by atoms with Gasteiger partial charge in [0.05, 0.1) is 13.7 Å². The summed E-state index contributed by atoms with van der Waals surface area (Å²) in [7, 11) is 1.57. The molecule has 2 N–H and O–H groups in total. The molecule has 0 saturated heterocycles. The van der Waals surface area contributed by atoms with Crippen LogP contribution in [0, 0.1) is 12.7 Å². The first-order valence-electron chi connectivity index (χ1n) is 5.08. The highest BCUT2D eigenvalue weighted by Crippen LogP contribution is 2.33. The number of hydrogen-bond donors (Lipinski definition) is 1. The van der Waals surface area contributed by atoms with Gasteiger partial charge < -0.3 is 9.57 Å². The normalized spacial score (nSPS) is 11.6. The molecule has 0 amide bonds. The molecule has 3 nitrogen and oxygen atoms in total. The van der Waals surface area contributed by atoms with E-state index in [1.165, 1.54) is 6.07 Å². The van der Waals surface area contributed by atoms with Crippen LogP contribution < -0.4 is 10.6 Å². The molecule has 0 saturated carbocycles. The lowest BCUT2D eigenvalue weighted by molar-refractivity contribution is 0.0953. The number of ether oxygens (including phenoxy) is 1. The van der Waals surface area contributed by atoms with Crippen LogP contribution in [0.2, 0.25) is 0 Å². The molecule has 0 aromatic heterocycles. The molecule has 0 atom stereocenters. The van der Waals surface area contributed by atoms with E-state index >= 15 is 0 Å². The summed E-state index contributed by atoms with van der Waals surface area (Å²) in [5.74, 6) is 5.48. The Kier molecular flexibility index (Phi) is 3.88. The maximum absolute atomic E-state index is 13.5. The molecule has 16 heavy (non-hydrogen) atoms. The van der Waals surface area contributed by atoms with E-state index in [1.54, 1.807) is 20.1 Å². The lowest BCUT2D eigenvalue weighted by Crippen LogP contribution is -2.27. The van der Waals surface area contributed by atoms with Crippen LogP contribution >= 0.6 is 0 Å². The van der Waals surface area contributed by atoms with E-state index in [0.29, 0.717) is 17.9 Å². The second-order valence-electron chi connectivity index (χ2n) is 4.50. The summed E-state index contributed by atoms with van der Waals surface area (Å²) in [6.45, 7) is 5.85. The van der Waals surface area contributed by atoms with Crippen molar-refractivity contribution < 1.29 is 14.0 Å². The molecule has 0 aliphatic rings. The summed E-state index contributed by atoms with van der Waals surface area (Å²) in [4.78, 5) is 4.65. The predicted octanol–water partition coefficient (Wildman–Crippen LogP) is 2.31. The van der Waals surface area contributed by atoms with Crippen LogP contribution in [0.25, 0.3) is 0 Å². The zero-order chi connectivity index (χ0) is 12.3. The van der Waals surface area contributed by atoms with Crippen molar-refractivity contribution >= 4 is 0 Å². The van der Waals surface area contributed by atoms with Crippen molar-refractivity contribution in [1.82, 2.24) is 0 Å². The van der Waals surface area contributed by atoms with Gasteiger partial charge in [0.1, 0.15) is 11.6 Å². The molecule has 0 aliphatic heterocycles. The van der Waals surface area contributed by atoms with Crippen LogP contribution in [0.5, 0.6) is 5.75 Å². The Labute approximate surface area is 95.3 Å². The fourth-order valence-corrected chi connectivity index (χ4v) is 1.64. The first-order chi connectivity index (χ1) is 7.42. The van der Waals surface area contributed by atoms with Crippen LogP contribution in [-0.2, 0) is 10.3 Å². The van der Waals surface area contributed by atoms with E-state index in [9.17, 15) is 4.39 Å². The van der Waals surface area contributed by atoms with Crippen molar-refractivity contribution in [1.29, 1.82) is 0 Å². The minimum atomic E-state index is -0.394. The highest BCUT2D eigenvalue weighted by molar-refractivity contribution is 5.42. The average Bonchev–Trinajstić information content (AvgIpc) is 2.21. The number of aryl methyl sites for hydroxylation is 1. The summed E-state index contributed by atoms with van der Waals surface area (Å²) >= 11 is 0. The number of hydrogen-bond acceptors (Lipinski definition) is 3. The molecule has 0 bridgehead atoms. The van der Waals surface area contributed by atoms with E-state index in [4.69, 9.17) is 10.6 Å². The van der Waals surface area contributed by atoms with Crippen LogP contribution in [0.15, 0.2) is 12.1 Å². The monoisotopic (exact) mass is 227 g/mol. The molecule has 90 valence electrons. The summed E-state index contributed by atoms with van der Waals surface area (Å²) in [6, 6.07) is 3.16. The standard InChI is InChI=1S/C12H18FNO2/c1-8-5-11(15-4)9(6-10(8)13)12(2,3)7-16-14/h5-6H,7,14H2,1-4H3. The van der Waals surface area contributed by atoms with Gasteiger partial charge in [-0.05, 0) is 24.6 Å². The SMILES string of the molecule is COc1cc(C)c(F)cc1C(C)(C)CON. The van der Waals surface area contributed by atoms with Crippen LogP contribution in [-0.4, -0.2) is 13.7 Å². The van der Waals surface area contributed by atoms with Gasteiger partial charge in [0.15, 0.2) is 0 Å². The molecule has 4 heteroatoms. The Bertz CT molecular complexity index is 378. The number of halogens is 1. The predicted molar refractivity (Wildman–Crippen MR) is 60.9 cm³/mol. The second-order valence-corrected chi connectivity index (χ2v) is 4.50. The summed E-state index contributed by atoms with van der Waals surface area (Å²) in [6.07, 6.45) is 0. The molecule has 1 aromatic carbocycles. The van der Waals surface area contributed by atoms with E-state index in [2.05, 4.69) is 4.84 Å². The van der Waals surface area contributed by atoms with Gasteiger partial charge in [0.25, 0.3) is 0 Å². The quantitative estimate of drug-likeness (QED) is 0.803. The zero-order valence-electron chi connectivity index (χ0n) is 10.1. The van der Waals surface area contributed by atoms with Gasteiger partial charge in [-0.1, -0.05) is 13.8 Å². The Morgan fingerprint density at radius 1 is 1.38 bits per heavy atom. The van der Waals surface area contributed by atoms with Crippen molar-refractivity contribution in [2.24, 2.45) is 5.90 Å². The van der Waals surface area contributed by atoms with Gasteiger partial charge in [-0.3, -0.25) is 0 Å². The van der Waals surface area contributed by atoms with Crippen molar-refractivity contribution in [2.45, 2.75) is 26.2 Å². The molecule has 1 rings (SSSR count). The van der Waals surface area contributed by atoms with Crippen LogP contribution in [0.3, 0.4) is 0 Å². The molecule has 0 unspecified atom stereocenters. The number of nitrogens with two attached hydrogens (primary N) is 1. The van der Waals surface area contributed by atoms with E-state index in [-0.39, 0.29) is 5.82 Å². The van der Waals surface area contributed by atoms with E-state index < -0.39 is 5.41 Å². The Balaban J connectivity index is 3.26. The van der Waals surface area contributed by atoms with Crippen molar-refractivity contribution in [2.75, 3.05) is 13.7 Å². The molecular formula is C12H18FNO2.